The van der Waals surface area contributed by atoms with E-state index in [1.165, 1.54) is 0 Å². The fourth-order valence-corrected chi connectivity index (χ4v) is 1.85. The summed E-state index contributed by atoms with van der Waals surface area (Å²) in [4.78, 5) is 0. The first-order valence-electron chi connectivity index (χ1n) is 4.84. The number of phenolic OH excluding ortho intramolecular Hbond substituents is 1. The van der Waals surface area contributed by atoms with Gasteiger partial charge in [0.1, 0.15) is 0 Å². The van der Waals surface area contributed by atoms with Gasteiger partial charge in [-0.2, -0.15) is 0 Å². The van der Waals surface area contributed by atoms with Crippen LogP contribution >= 0.6 is 0 Å². The van der Waals surface area contributed by atoms with Gasteiger partial charge in [-0.3, -0.25) is 0 Å². The van der Waals surface area contributed by atoms with Crippen LogP contribution in [0, 0.1) is 0 Å². The second-order valence-electron chi connectivity index (χ2n) is 3.58. The monoisotopic (exact) mass is 202 g/mol. The average Bonchev–Trinajstić information content (AvgIpc) is 2.59. The molecule has 1 heterocycles. The summed E-state index contributed by atoms with van der Waals surface area (Å²) in [6.07, 6.45) is -0.331. The summed E-state index contributed by atoms with van der Waals surface area (Å²) in [7, 11) is 0. The van der Waals surface area contributed by atoms with E-state index >= 15 is 0 Å². The molecule has 0 spiro atoms. The Morgan fingerprint density at radius 1 is 1.20 bits per heavy atom. The molecule has 0 radical (unpaired) electrons. The maximum atomic E-state index is 9.98. The molecule has 2 aromatic rings. The molecule has 0 saturated carbocycles. The van der Waals surface area contributed by atoms with Gasteiger partial charge in [0.15, 0.2) is 11.5 Å². The summed E-state index contributed by atoms with van der Waals surface area (Å²) in [5.74, 6) is 1.22. The molecule has 0 aromatic heterocycles. The number of ether oxygens (including phenoxy) is 2. The predicted octanol–water partition coefficient (Wildman–Crippen LogP) is 2.66. The summed E-state index contributed by atoms with van der Waals surface area (Å²) in [6.45, 7) is 1.80. The minimum absolute atomic E-state index is 0.160. The Kier molecular flexibility index (Phi) is 1.57. The highest BCUT2D eigenvalue weighted by Crippen LogP contribution is 2.46. The first-order chi connectivity index (χ1) is 7.25. The van der Waals surface area contributed by atoms with E-state index in [1.54, 1.807) is 6.92 Å². The molecule has 1 aliphatic heterocycles. The minimum Gasteiger partial charge on any atom is -0.504 e. The first-order valence-corrected chi connectivity index (χ1v) is 4.84. The van der Waals surface area contributed by atoms with Gasteiger partial charge < -0.3 is 14.6 Å². The van der Waals surface area contributed by atoms with Gasteiger partial charge in [-0.1, -0.05) is 24.3 Å². The van der Waals surface area contributed by atoms with Crippen LogP contribution in [0.4, 0.5) is 0 Å². The summed E-state index contributed by atoms with van der Waals surface area (Å²) >= 11 is 0. The van der Waals surface area contributed by atoms with Crippen molar-refractivity contribution in [1.82, 2.24) is 0 Å². The van der Waals surface area contributed by atoms with Crippen LogP contribution in [-0.2, 0) is 0 Å². The van der Waals surface area contributed by atoms with E-state index < -0.39 is 0 Å². The lowest BCUT2D eigenvalue weighted by Crippen LogP contribution is -2.11. The fourth-order valence-electron chi connectivity index (χ4n) is 1.85. The molecule has 1 unspecified atom stereocenters. The van der Waals surface area contributed by atoms with E-state index in [2.05, 4.69) is 0 Å². The van der Waals surface area contributed by atoms with Crippen molar-refractivity contribution in [3.63, 3.8) is 0 Å². The van der Waals surface area contributed by atoms with Crippen LogP contribution in [0.1, 0.15) is 6.92 Å². The Labute approximate surface area is 86.9 Å². The van der Waals surface area contributed by atoms with Crippen LogP contribution < -0.4 is 9.47 Å². The van der Waals surface area contributed by atoms with Crippen molar-refractivity contribution in [2.75, 3.05) is 0 Å². The Hall–Kier alpha value is -1.90. The van der Waals surface area contributed by atoms with E-state index in [1.807, 2.05) is 30.3 Å². The number of benzene rings is 2. The molecule has 1 atom stereocenters. The van der Waals surface area contributed by atoms with Crippen molar-refractivity contribution in [3.05, 3.63) is 30.3 Å². The van der Waals surface area contributed by atoms with Crippen LogP contribution in [0.3, 0.4) is 0 Å². The molecular formula is C12H10O3. The Bertz CT molecular complexity index is 534. The maximum Gasteiger partial charge on any atom is 0.239 e. The van der Waals surface area contributed by atoms with Crippen LogP contribution in [0.5, 0.6) is 17.2 Å². The fraction of sp³-hybridized carbons (Fsp3) is 0.167. The maximum absolute atomic E-state index is 9.98. The Balaban J connectivity index is 2.35. The van der Waals surface area contributed by atoms with Gasteiger partial charge >= 0.3 is 0 Å². The van der Waals surface area contributed by atoms with Gasteiger partial charge in [-0.15, -0.1) is 0 Å². The summed E-state index contributed by atoms with van der Waals surface area (Å²) < 4.78 is 10.8. The number of hydrogen-bond acceptors (Lipinski definition) is 3. The first kappa shape index (κ1) is 8.41. The zero-order chi connectivity index (χ0) is 10.4. The second kappa shape index (κ2) is 2.79. The molecule has 3 rings (SSSR count). The molecule has 1 N–H and O–H groups in total. The van der Waals surface area contributed by atoms with Gasteiger partial charge in [0.05, 0.1) is 0 Å². The summed E-state index contributed by atoms with van der Waals surface area (Å²) in [6, 6.07) is 9.48. The van der Waals surface area contributed by atoms with Crippen LogP contribution in [0.2, 0.25) is 0 Å². The lowest BCUT2D eigenvalue weighted by molar-refractivity contribution is 0.0665. The normalized spacial score (nSPS) is 18.3. The zero-order valence-electron chi connectivity index (χ0n) is 8.23. The number of rotatable bonds is 0. The summed E-state index contributed by atoms with van der Waals surface area (Å²) in [5.41, 5.74) is 0. The van der Waals surface area contributed by atoms with Crippen LogP contribution in [-0.4, -0.2) is 11.4 Å². The smallest absolute Gasteiger partial charge is 0.239 e. The number of aromatic hydroxyl groups is 1. The number of phenols is 1. The highest BCUT2D eigenvalue weighted by molar-refractivity contribution is 5.92. The van der Waals surface area contributed by atoms with E-state index in [9.17, 15) is 5.11 Å². The average molecular weight is 202 g/mol. The molecule has 1 aliphatic rings. The van der Waals surface area contributed by atoms with E-state index in [4.69, 9.17) is 9.47 Å². The van der Waals surface area contributed by atoms with Crippen LogP contribution in [0.15, 0.2) is 30.3 Å². The third-order valence-electron chi connectivity index (χ3n) is 2.52. The van der Waals surface area contributed by atoms with Gasteiger partial charge in [-0.25, -0.2) is 0 Å². The quantitative estimate of drug-likeness (QED) is 0.713. The van der Waals surface area contributed by atoms with Crippen molar-refractivity contribution >= 4 is 10.8 Å². The van der Waals surface area contributed by atoms with E-state index in [-0.39, 0.29) is 12.0 Å². The number of hydrogen-bond donors (Lipinski definition) is 1. The molecule has 3 nitrogen and oxygen atoms in total. The molecule has 0 aliphatic carbocycles. The number of fused-ring (bicyclic) bond motifs is 2. The third-order valence-corrected chi connectivity index (χ3v) is 2.52. The van der Waals surface area contributed by atoms with Crippen LogP contribution in [0.25, 0.3) is 10.8 Å². The predicted molar refractivity (Wildman–Crippen MR) is 56.3 cm³/mol. The van der Waals surface area contributed by atoms with Crippen molar-refractivity contribution in [2.45, 2.75) is 13.2 Å². The molecule has 0 bridgehead atoms. The third kappa shape index (κ3) is 1.13. The Morgan fingerprint density at radius 3 is 2.87 bits per heavy atom. The Morgan fingerprint density at radius 2 is 2.00 bits per heavy atom. The minimum atomic E-state index is -0.331. The van der Waals surface area contributed by atoms with E-state index in [0.29, 0.717) is 11.5 Å². The SMILES string of the molecule is CC1Oc2cc3ccccc3c(O)c2O1. The molecular weight excluding hydrogens is 192 g/mol. The van der Waals surface area contributed by atoms with Gasteiger partial charge in [0.2, 0.25) is 12.0 Å². The van der Waals surface area contributed by atoms with Crippen molar-refractivity contribution in [1.29, 1.82) is 0 Å². The van der Waals surface area contributed by atoms with Crippen molar-refractivity contribution in [2.24, 2.45) is 0 Å². The van der Waals surface area contributed by atoms with E-state index in [0.717, 1.165) is 10.8 Å². The molecule has 0 fully saturated rings. The lowest BCUT2D eigenvalue weighted by atomic mass is 10.1. The molecule has 76 valence electrons. The molecule has 3 heteroatoms. The highest BCUT2D eigenvalue weighted by Gasteiger charge is 2.25. The van der Waals surface area contributed by atoms with Crippen molar-refractivity contribution in [3.8, 4) is 17.2 Å². The molecule has 2 aromatic carbocycles. The highest BCUT2D eigenvalue weighted by atomic mass is 16.7. The lowest BCUT2D eigenvalue weighted by Gasteiger charge is -2.04. The summed E-state index contributed by atoms with van der Waals surface area (Å²) in [5, 5.41) is 11.7. The van der Waals surface area contributed by atoms with Gasteiger partial charge in [0.25, 0.3) is 0 Å². The second-order valence-corrected chi connectivity index (χ2v) is 3.58. The van der Waals surface area contributed by atoms with Gasteiger partial charge in [0, 0.05) is 12.3 Å². The topological polar surface area (TPSA) is 38.7 Å². The zero-order valence-corrected chi connectivity index (χ0v) is 8.23. The molecule has 0 amide bonds. The molecule has 0 saturated heterocycles. The largest absolute Gasteiger partial charge is 0.504 e. The standard InChI is InChI=1S/C12H10O3/c1-7-14-10-6-8-4-2-3-5-9(8)11(13)12(10)15-7/h2-7,13H,1H3. The van der Waals surface area contributed by atoms with Gasteiger partial charge in [-0.05, 0) is 11.5 Å². The van der Waals surface area contributed by atoms with Crippen molar-refractivity contribution < 1.29 is 14.6 Å². The molecule has 15 heavy (non-hydrogen) atoms.